The minimum Gasteiger partial charge on any atom is -0.497 e. The van der Waals surface area contributed by atoms with E-state index in [0.29, 0.717) is 29.2 Å². The molecule has 2 N–H and O–H groups in total. The van der Waals surface area contributed by atoms with Gasteiger partial charge in [-0.1, -0.05) is 23.7 Å². The Morgan fingerprint density at radius 3 is 2.33 bits per heavy atom. The van der Waals surface area contributed by atoms with Crippen LogP contribution in [0.5, 0.6) is 5.75 Å². The highest BCUT2D eigenvalue weighted by Gasteiger charge is 2.32. The fourth-order valence-corrected chi connectivity index (χ4v) is 5.00. The highest BCUT2D eigenvalue weighted by Crippen LogP contribution is 2.25. The molecule has 1 aliphatic heterocycles. The zero-order valence-corrected chi connectivity index (χ0v) is 18.2. The quantitative estimate of drug-likeness (QED) is 0.673. The Labute approximate surface area is 181 Å². The molecule has 1 amide bonds. The van der Waals surface area contributed by atoms with Gasteiger partial charge >= 0.3 is 0 Å². The van der Waals surface area contributed by atoms with Gasteiger partial charge in [-0.25, -0.2) is 8.42 Å². The van der Waals surface area contributed by atoms with Crippen molar-refractivity contribution in [2.45, 2.75) is 23.8 Å². The fraction of sp³-hybridized carbons (Fsp3) is 0.381. The van der Waals surface area contributed by atoms with Gasteiger partial charge in [0.2, 0.25) is 15.9 Å². The highest BCUT2D eigenvalue weighted by molar-refractivity contribution is 7.89. The Morgan fingerprint density at radius 2 is 1.77 bits per heavy atom. The molecule has 0 aromatic heterocycles. The van der Waals surface area contributed by atoms with Crippen molar-refractivity contribution in [2.75, 3.05) is 26.7 Å². The van der Waals surface area contributed by atoms with Crippen LogP contribution in [0.3, 0.4) is 0 Å². The summed E-state index contributed by atoms with van der Waals surface area (Å²) in [6.07, 6.45) is 0.0272. The van der Waals surface area contributed by atoms with Crippen molar-refractivity contribution in [3.8, 4) is 5.75 Å². The van der Waals surface area contributed by atoms with Gasteiger partial charge in [0.15, 0.2) is 0 Å². The maximum absolute atomic E-state index is 12.7. The summed E-state index contributed by atoms with van der Waals surface area (Å²) in [4.78, 5) is 12.7. The van der Waals surface area contributed by atoms with Gasteiger partial charge in [-0.15, -0.1) is 0 Å². The predicted molar refractivity (Wildman–Crippen MR) is 114 cm³/mol. The van der Waals surface area contributed by atoms with E-state index in [-0.39, 0.29) is 36.4 Å². The lowest BCUT2D eigenvalue weighted by atomic mass is 9.97. The van der Waals surface area contributed by atoms with E-state index >= 15 is 0 Å². The number of carbonyl (C=O) groups is 1. The number of sulfonamides is 1. The molecule has 0 bridgehead atoms. The summed E-state index contributed by atoms with van der Waals surface area (Å²) >= 11 is 5.83. The van der Waals surface area contributed by atoms with Gasteiger partial charge in [0.25, 0.3) is 0 Å². The molecule has 162 valence electrons. The zero-order chi connectivity index (χ0) is 21.7. The van der Waals surface area contributed by atoms with Crippen LogP contribution in [-0.2, 0) is 14.8 Å². The summed E-state index contributed by atoms with van der Waals surface area (Å²) in [5.41, 5.74) is 0.681. The third-order valence-electron chi connectivity index (χ3n) is 5.25. The van der Waals surface area contributed by atoms with Gasteiger partial charge in [-0.05, 0) is 54.8 Å². The molecule has 9 heteroatoms. The smallest absolute Gasteiger partial charge is 0.243 e. The minimum atomic E-state index is -3.60. The minimum absolute atomic E-state index is 0.0917. The van der Waals surface area contributed by atoms with Crippen LogP contribution in [0.4, 0.5) is 0 Å². The molecular weight excluding hydrogens is 428 g/mol. The van der Waals surface area contributed by atoms with E-state index in [1.165, 1.54) is 16.4 Å². The van der Waals surface area contributed by atoms with Crippen LogP contribution in [0, 0.1) is 5.92 Å². The first kappa shape index (κ1) is 22.6. The van der Waals surface area contributed by atoms with Gasteiger partial charge in [0.05, 0.1) is 18.1 Å². The summed E-state index contributed by atoms with van der Waals surface area (Å²) in [7, 11) is -2.04. The summed E-state index contributed by atoms with van der Waals surface area (Å²) in [5.74, 6) is 0.228. The second-order valence-electron chi connectivity index (χ2n) is 7.17. The maximum atomic E-state index is 12.7. The number of piperidine rings is 1. The van der Waals surface area contributed by atoms with Crippen LogP contribution >= 0.6 is 11.6 Å². The SMILES string of the molecule is COc1ccc(C(O)CNC(=O)C2CCN(S(=O)(=O)c3ccc(Cl)cc3)CC2)cc1. The number of methoxy groups -OCH3 is 1. The molecule has 1 unspecified atom stereocenters. The van der Waals surface area contributed by atoms with Crippen LogP contribution in [0.2, 0.25) is 5.02 Å². The van der Waals surface area contributed by atoms with Gasteiger partial charge in [-0.3, -0.25) is 4.79 Å². The van der Waals surface area contributed by atoms with E-state index in [2.05, 4.69) is 5.32 Å². The lowest BCUT2D eigenvalue weighted by Gasteiger charge is -2.30. The molecule has 30 heavy (non-hydrogen) atoms. The molecule has 2 aromatic rings. The van der Waals surface area contributed by atoms with Crippen molar-refractivity contribution < 1.29 is 23.1 Å². The number of halogens is 1. The average Bonchev–Trinajstić information content (AvgIpc) is 2.77. The topological polar surface area (TPSA) is 95.9 Å². The fourth-order valence-electron chi connectivity index (χ4n) is 3.40. The zero-order valence-electron chi connectivity index (χ0n) is 16.6. The number of carbonyl (C=O) groups excluding carboxylic acids is 1. The third-order valence-corrected chi connectivity index (χ3v) is 7.41. The molecule has 1 heterocycles. The highest BCUT2D eigenvalue weighted by atomic mass is 35.5. The average molecular weight is 453 g/mol. The maximum Gasteiger partial charge on any atom is 0.243 e. The van der Waals surface area contributed by atoms with Crippen molar-refractivity contribution in [1.82, 2.24) is 9.62 Å². The summed E-state index contributed by atoms with van der Waals surface area (Å²) in [6.45, 7) is 0.628. The molecular formula is C21H25ClN2O5S. The molecule has 0 spiro atoms. The molecule has 0 radical (unpaired) electrons. The van der Waals surface area contributed by atoms with Gasteiger partial charge in [-0.2, -0.15) is 4.31 Å². The lowest BCUT2D eigenvalue weighted by molar-refractivity contribution is -0.126. The van der Waals surface area contributed by atoms with E-state index < -0.39 is 16.1 Å². The molecule has 1 fully saturated rings. The van der Waals surface area contributed by atoms with Crippen LogP contribution < -0.4 is 10.1 Å². The standard InChI is InChI=1S/C21H25ClN2O5S/c1-29-18-6-2-15(3-7-18)20(25)14-23-21(26)16-10-12-24(13-11-16)30(27,28)19-8-4-17(22)5-9-19/h2-9,16,20,25H,10-14H2,1H3,(H,23,26). The van der Waals surface area contributed by atoms with Crippen LogP contribution in [0.25, 0.3) is 0 Å². The lowest BCUT2D eigenvalue weighted by Crippen LogP contribution is -2.43. The van der Waals surface area contributed by atoms with Crippen LogP contribution in [-0.4, -0.2) is 50.5 Å². The number of aliphatic hydroxyl groups is 1. The number of hydrogen-bond donors (Lipinski definition) is 2. The number of hydrogen-bond acceptors (Lipinski definition) is 5. The van der Waals surface area contributed by atoms with E-state index in [1.807, 2.05) is 0 Å². The van der Waals surface area contributed by atoms with E-state index in [9.17, 15) is 18.3 Å². The van der Waals surface area contributed by atoms with Crippen molar-refractivity contribution in [2.24, 2.45) is 5.92 Å². The number of rotatable bonds is 7. The van der Waals surface area contributed by atoms with Crippen LogP contribution in [0.1, 0.15) is 24.5 Å². The summed E-state index contributed by atoms with van der Waals surface area (Å²) in [6, 6.07) is 13.0. The van der Waals surface area contributed by atoms with Gasteiger partial charge < -0.3 is 15.2 Å². The van der Waals surface area contributed by atoms with Gasteiger partial charge in [0.1, 0.15) is 5.75 Å². The number of ether oxygens (including phenoxy) is 1. The van der Waals surface area contributed by atoms with Crippen molar-refractivity contribution >= 4 is 27.5 Å². The van der Waals surface area contributed by atoms with Crippen molar-refractivity contribution in [3.63, 3.8) is 0 Å². The Hall–Kier alpha value is -2.13. The van der Waals surface area contributed by atoms with E-state index in [1.54, 1.807) is 43.5 Å². The van der Waals surface area contributed by atoms with Gasteiger partial charge in [0, 0.05) is 30.6 Å². The Kier molecular flexibility index (Phi) is 7.36. The number of amides is 1. The largest absolute Gasteiger partial charge is 0.497 e. The second-order valence-corrected chi connectivity index (χ2v) is 9.54. The first-order chi connectivity index (χ1) is 14.3. The Bertz CT molecular complexity index is 956. The van der Waals surface area contributed by atoms with Crippen LogP contribution in [0.15, 0.2) is 53.4 Å². The van der Waals surface area contributed by atoms with E-state index in [4.69, 9.17) is 16.3 Å². The molecule has 1 aliphatic rings. The Balaban J connectivity index is 1.50. The summed E-state index contributed by atoms with van der Waals surface area (Å²) in [5, 5.41) is 13.5. The number of nitrogens with one attached hydrogen (secondary N) is 1. The molecule has 1 saturated heterocycles. The Morgan fingerprint density at radius 1 is 1.17 bits per heavy atom. The molecule has 1 atom stereocenters. The third kappa shape index (κ3) is 5.31. The molecule has 0 aliphatic carbocycles. The number of nitrogens with zero attached hydrogens (tertiary/aromatic N) is 1. The molecule has 2 aromatic carbocycles. The monoisotopic (exact) mass is 452 g/mol. The molecule has 0 saturated carbocycles. The van der Waals surface area contributed by atoms with Crippen molar-refractivity contribution in [1.29, 1.82) is 0 Å². The van der Waals surface area contributed by atoms with E-state index in [0.717, 1.165) is 0 Å². The summed E-state index contributed by atoms with van der Waals surface area (Å²) < 4.78 is 31.9. The number of benzene rings is 2. The van der Waals surface area contributed by atoms with Crippen molar-refractivity contribution in [3.05, 3.63) is 59.1 Å². The normalized spacial score (nSPS) is 16.8. The first-order valence-electron chi connectivity index (χ1n) is 9.66. The number of aliphatic hydroxyl groups excluding tert-OH is 1. The molecule has 3 rings (SSSR count). The predicted octanol–water partition coefficient (Wildman–Crippen LogP) is 2.60. The second kappa shape index (κ2) is 9.78. The first-order valence-corrected chi connectivity index (χ1v) is 11.5. The molecule has 7 nitrogen and oxygen atoms in total.